The molecule has 0 aliphatic rings. The summed E-state index contributed by atoms with van der Waals surface area (Å²) >= 11 is 1.55. The van der Waals surface area contributed by atoms with Crippen molar-refractivity contribution < 1.29 is 9.32 Å². The highest BCUT2D eigenvalue weighted by Crippen LogP contribution is 2.19. The number of carbonyl (C=O) groups is 1. The number of imidazole rings is 1. The molecule has 2 N–H and O–H groups in total. The van der Waals surface area contributed by atoms with Gasteiger partial charge in [-0.15, -0.1) is 0 Å². The minimum atomic E-state index is -0.328. The van der Waals surface area contributed by atoms with Crippen LogP contribution < -0.4 is 10.9 Å². The summed E-state index contributed by atoms with van der Waals surface area (Å²) in [5, 5.41) is 4.73. The first-order valence-electron chi connectivity index (χ1n) is 8.23. The van der Waals surface area contributed by atoms with Crippen molar-refractivity contribution in [2.45, 2.75) is 5.16 Å². The second-order valence-electron chi connectivity index (χ2n) is 5.57. The molecule has 0 aliphatic heterocycles. The molecule has 3 aromatic heterocycles. The van der Waals surface area contributed by atoms with E-state index < -0.39 is 0 Å². The fourth-order valence-corrected chi connectivity index (χ4v) is 3.01. The highest BCUT2D eigenvalue weighted by Gasteiger charge is 2.11. The minimum absolute atomic E-state index is 0.0832. The Morgan fingerprint density at radius 2 is 1.89 bits per heavy atom. The molecule has 0 radical (unpaired) electrons. The first-order valence-corrected chi connectivity index (χ1v) is 9.45. The largest absolute Gasteiger partial charge is 0.340 e. The Labute approximate surface area is 164 Å². The molecule has 0 atom stereocenters. The van der Waals surface area contributed by atoms with Crippen LogP contribution in [0.2, 0.25) is 0 Å². The SMILES string of the molecule is CSc1nccn1-c1ccc(C(=O)NNc2nc(-c3ccncc3)no2)cc1. The fraction of sp³-hybridized carbons (Fsp3) is 0.0556. The zero-order chi connectivity index (χ0) is 19.3. The minimum Gasteiger partial charge on any atom is -0.313 e. The number of pyridine rings is 1. The Hall–Kier alpha value is -3.66. The van der Waals surface area contributed by atoms with E-state index in [-0.39, 0.29) is 11.9 Å². The van der Waals surface area contributed by atoms with E-state index in [1.807, 2.05) is 29.2 Å². The van der Waals surface area contributed by atoms with Gasteiger partial charge < -0.3 is 4.52 Å². The number of amides is 1. The van der Waals surface area contributed by atoms with Gasteiger partial charge in [0.15, 0.2) is 5.16 Å². The lowest BCUT2D eigenvalue weighted by Gasteiger charge is -2.08. The third-order valence-corrected chi connectivity index (χ3v) is 4.51. The summed E-state index contributed by atoms with van der Waals surface area (Å²) in [6, 6.07) is 10.8. The van der Waals surface area contributed by atoms with Crippen LogP contribution in [0.1, 0.15) is 10.4 Å². The number of rotatable bonds is 6. The van der Waals surface area contributed by atoms with Crippen molar-refractivity contribution in [1.29, 1.82) is 0 Å². The normalized spacial score (nSPS) is 10.6. The molecule has 10 heteroatoms. The van der Waals surface area contributed by atoms with Crippen LogP contribution in [0.3, 0.4) is 0 Å². The predicted octanol–water partition coefficient (Wildman–Crippen LogP) is 2.80. The van der Waals surface area contributed by atoms with Gasteiger partial charge in [0.2, 0.25) is 5.82 Å². The van der Waals surface area contributed by atoms with Crippen molar-refractivity contribution >= 4 is 23.7 Å². The Morgan fingerprint density at radius 3 is 2.64 bits per heavy atom. The van der Waals surface area contributed by atoms with Gasteiger partial charge in [-0.3, -0.25) is 19.8 Å². The number of hydrogen-bond acceptors (Lipinski definition) is 8. The molecule has 0 unspecified atom stereocenters. The standard InChI is InChI=1S/C18H15N7O2S/c1-28-18-20-10-11-25(18)14-4-2-13(3-5-14)16(26)22-23-17-21-15(24-27-17)12-6-8-19-9-7-12/h2-11H,1H3,(H,22,26)(H,21,23,24). The van der Waals surface area contributed by atoms with Crippen molar-refractivity contribution in [2.24, 2.45) is 0 Å². The Bertz CT molecular complexity index is 1080. The molecule has 1 amide bonds. The summed E-state index contributed by atoms with van der Waals surface area (Å²) in [4.78, 5) is 24.7. The fourth-order valence-electron chi connectivity index (χ4n) is 2.49. The van der Waals surface area contributed by atoms with Gasteiger partial charge in [0, 0.05) is 41.6 Å². The third-order valence-electron chi connectivity index (χ3n) is 3.84. The molecule has 3 heterocycles. The van der Waals surface area contributed by atoms with E-state index in [0.29, 0.717) is 11.4 Å². The summed E-state index contributed by atoms with van der Waals surface area (Å²) in [6.07, 6.45) is 8.84. The van der Waals surface area contributed by atoms with E-state index in [4.69, 9.17) is 4.52 Å². The van der Waals surface area contributed by atoms with Crippen LogP contribution in [0.25, 0.3) is 17.1 Å². The summed E-state index contributed by atoms with van der Waals surface area (Å²) < 4.78 is 7.03. The van der Waals surface area contributed by atoms with Gasteiger partial charge in [-0.1, -0.05) is 16.9 Å². The van der Waals surface area contributed by atoms with Crippen LogP contribution in [0, 0.1) is 0 Å². The lowest BCUT2D eigenvalue weighted by atomic mass is 10.2. The molecule has 0 bridgehead atoms. The number of nitrogens with zero attached hydrogens (tertiary/aromatic N) is 5. The quantitative estimate of drug-likeness (QED) is 0.380. The van der Waals surface area contributed by atoms with Crippen LogP contribution in [0.5, 0.6) is 0 Å². The lowest BCUT2D eigenvalue weighted by Crippen LogP contribution is -2.29. The van der Waals surface area contributed by atoms with Crippen LogP contribution in [-0.4, -0.2) is 36.8 Å². The Morgan fingerprint density at radius 1 is 1.11 bits per heavy atom. The van der Waals surface area contributed by atoms with Gasteiger partial charge in [0.1, 0.15) is 0 Å². The van der Waals surface area contributed by atoms with Crippen molar-refractivity contribution in [3.05, 3.63) is 66.7 Å². The molecule has 28 heavy (non-hydrogen) atoms. The summed E-state index contributed by atoms with van der Waals surface area (Å²) in [6.45, 7) is 0. The monoisotopic (exact) mass is 393 g/mol. The Balaban J connectivity index is 1.40. The number of hydrogen-bond donors (Lipinski definition) is 2. The molecule has 0 saturated heterocycles. The first-order chi connectivity index (χ1) is 13.7. The summed E-state index contributed by atoms with van der Waals surface area (Å²) in [5.74, 6) is 0.0689. The number of thioether (sulfide) groups is 1. The Kier molecular flexibility index (Phi) is 5.02. The molecule has 0 spiro atoms. The average molecular weight is 393 g/mol. The average Bonchev–Trinajstić information content (AvgIpc) is 3.42. The molecule has 9 nitrogen and oxygen atoms in total. The number of aromatic nitrogens is 5. The van der Waals surface area contributed by atoms with E-state index >= 15 is 0 Å². The smallest absolute Gasteiger partial charge is 0.313 e. The molecule has 0 fully saturated rings. The van der Waals surface area contributed by atoms with E-state index in [2.05, 4.69) is 31.0 Å². The molecule has 0 aliphatic carbocycles. The topological polar surface area (TPSA) is 111 Å². The van der Waals surface area contributed by atoms with Crippen molar-refractivity contribution in [3.8, 4) is 17.1 Å². The maximum absolute atomic E-state index is 12.3. The number of hydrazine groups is 1. The third kappa shape index (κ3) is 3.71. The van der Waals surface area contributed by atoms with E-state index in [9.17, 15) is 4.79 Å². The maximum Gasteiger partial charge on any atom is 0.340 e. The van der Waals surface area contributed by atoms with E-state index in [1.54, 1.807) is 54.6 Å². The lowest BCUT2D eigenvalue weighted by molar-refractivity contribution is 0.0961. The molecule has 4 rings (SSSR count). The van der Waals surface area contributed by atoms with E-state index in [1.165, 1.54) is 0 Å². The number of benzene rings is 1. The zero-order valence-electron chi connectivity index (χ0n) is 14.7. The van der Waals surface area contributed by atoms with Gasteiger partial charge in [0.05, 0.1) is 0 Å². The maximum atomic E-state index is 12.3. The number of anilines is 1. The first kappa shape index (κ1) is 17.7. The predicted molar refractivity (Wildman–Crippen MR) is 104 cm³/mol. The van der Waals surface area contributed by atoms with Gasteiger partial charge in [-0.25, -0.2) is 10.4 Å². The molecular weight excluding hydrogens is 378 g/mol. The van der Waals surface area contributed by atoms with Gasteiger partial charge in [-0.2, -0.15) is 4.98 Å². The zero-order valence-corrected chi connectivity index (χ0v) is 15.6. The van der Waals surface area contributed by atoms with Crippen LogP contribution in [-0.2, 0) is 0 Å². The van der Waals surface area contributed by atoms with Crippen molar-refractivity contribution in [3.63, 3.8) is 0 Å². The van der Waals surface area contributed by atoms with Crippen LogP contribution in [0.15, 0.2) is 70.9 Å². The van der Waals surface area contributed by atoms with Gasteiger partial charge in [-0.05, 0) is 42.7 Å². The van der Waals surface area contributed by atoms with Gasteiger partial charge in [0.25, 0.3) is 5.91 Å². The van der Waals surface area contributed by atoms with Crippen molar-refractivity contribution in [2.75, 3.05) is 11.7 Å². The molecule has 140 valence electrons. The highest BCUT2D eigenvalue weighted by atomic mass is 32.2. The molecule has 1 aromatic carbocycles. The highest BCUT2D eigenvalue weighted by molar-refractivity contribution is 7.98. The summed E-state index contributed by atoms with van der Waals surface area (Å²) in [7, 11) is 0. The molecular formula is C18H15N7O2S. The summed E-state index contributed by atoms with van der Waals surface area (Å²) in [5.41, 5.74) is 7.32. The molecule has 4 aromatic rings. The second-order valence-corrected chi connectivity index (χ2v) is 6.34. The van der Waals surface area contributed by atoms with Crippen molar-refractivity contribution in [1.82, 2.24) is 30.1 Å². The van der Waals surface area contributed by atoms with Crippen LogP contribution in [0.4, 0.5) is 6.01 Å². The number of nitrogens with one attached hydrogen (secondary N) is 2. The second kappa shape index (κ2) is 7.92. The number of carbonyl (C=O) groups excluding carboxylic acids is 1. The van der Waals surface area contributed by atoms with Crippen LogP contribution >= 0.6 is 11.8 Å². The van der Waals surface area contributed by atoms with E-state index in [0.717, 1.165) is 16.4 Å². The van der Waals surface area contributed by atoms with Gasteiger partial charge >= 0.3 is 6.01 Å². The molecule has 0 saturated carbocycles.